The van der Waals surface area contributed by atoms with Gasteiger partial charge in [0.05, 0.1) is 5.69 Å². The molecule has 0 saturated heterocycles. The Kier molecular flexibility index (Phi) is 4.37. The summed E-state index contributed by atoms with van der Waals surface area (Å²) >= 11 is 0. The molecule has 3 rings (SSSR count). The van der Waals surface area contributed by atoms with E-state index in [1.54, 1.807) is 30.3 Å². The molecular formula is C16H16N6O. The Morgan fingerprint density at radius 3 is 2.87 bits per heavy atom. The molecule has 0 unspecified atom stereocenters. The van der Waals surface area contributed by atoms with Gasteiger partial charge in [-0.1, -0.05) is 12.1 Å². The highest BCUT2D eigenvalue weighted by molar-refractivity contribution is 5.94. The van der Waals surface area contributed by atoms with Gasteiger partial charge in [0, 0.05) is 37.5 Å². The number of carbonyl (C=O) groups is 1. The lowest BCUT2D eigenvalue weighted by Gasteiger charge is -2.17. The van der Waals surface area contributed by atoms with Crippen molar-refractivity contribution in [1.82, 2.24) is 30.1 Å². The van der Waals surface area contributed by atoms with Crippen LogP contribution in [0.5, 0.6) is 0 Å². The fourth-order valence-corrected chi connectivity index (χ4v) is 2.21. The molecule has 1 aromatic carbocycles. The number of tetrazole rings is 1. The minimum absolute atomic E-state index is 0.0455. The van der Waals surface area contributed by atoms with Crippen molar-refractivity contribution in [2.24, 2.45) is 0 Å². The maximum Gasteiger partial charge on any atom is 0.253 e. The number of nitrogens with zero attached hydrogens (tertiary/aromatic N) is 6. The van der Waals surface area contributed by atoms with Gasteiger partial charge in [0.1, 0.15) is 6.33 Å². The Balaban J connectivity index is 1.69. The van der Waals surface area contributed by atoms with Crippen molar-refractivity contribution in [1.29, 1.82) is 0 Å². The molecule has 2 heterocycles. The molecular weight excluding hydrogens is 292 g/mol. The zero-order chi connectivity index (χ0) is 16.1. The van der Waals surface area contributed by atoms with Gasteiger partial charge in [-0.05, 0) is 40.8 Å². The zero-order valence-electron chi connectivity index (χ0n) is 12.7. The molecule has 0 saturated carbocycles. The number of pyridine rings is 1. The first-order valence-corrected chi connectivity index (χ1v) is 7.23. The Bertz CT molecular complexity index is 772. The molecule has 0 atom stereocenters. The van der Waals surface area contributed by atoms with Crippen LogP contribution in [0.3, 0.4) is 0 Å². The average Bonchev–Trinajstić information content (AvgIpc) is 3.15. The van der Waals surface area contributed by atoms with Crippen LogP contribution in [0, 0.1) is 0 Å². The first-order chi connectivity index (χ1) is 11.2. The minimum atomic E-state index is -0.0455. The van der Waals surface area contributed by atoms with Gasteiger partial charge < -0.3 is 4.90 Å². The number of amides is 1. The molecule has 3 aromatic rings. The van der Waals surface area contributed by atoms with Gasteiger partial charge in [-0.25, -0.2) is 4.68 Å². The molecule has 0 N–H and O–H groups in total. The lowest BCUT2D eigenvalue weighted by Crippen LogP contribution is -2.29. The SMILES string of the molecule is CN(CCc1ccccn1)C(=O)c1cccc(-n2cnnn2)c1. The third kappa shape index (κ3) is 3.57. The molecule has 0 spiro atoms. The molecule has 116 valence electrons. The smallest absolute Gasteiger partial charge is 0.253 e. The molecule has 1 amide bonds. The number of hydrogen-bond donors (Lipinski definition) is 0. The second-order valence-electron chi connectivity index (χ2n) is 5.10. The van der Waals surface area contributed by atoms with Crippen LogP contribution in [0.1, 0.15) is 16.1 Å². The number of rotatable bonds is 5. The van der Waals surface area contributed by atoms with Crippen LogP contribution in [-0.2, 0) is 6.42 Å². The summed E-state index contributed by atoms with van der Waals surface area (Å²) in [6.07, 6.45) is 3.97. The lowest BCUT2D eigenvalue weighted by molar-refractivity contribution is 0.0796. The molecule has 2 aromatic heterocycles. The van der Waals surface area contributed by atoms with E-state index in [0.717, 1.165) is 17.8 Å². The quantitative estimate of drug-likeness (QED) is 0.711. The first-order valence-electron chi connectivity index (χ1n) is 7.23. The van der Waals surface area contributed by atoms with Crippen LogP contribution in [0.2, 0.25) is 0 Å². The van der Waals surface area contributed by atoms with Crippen molar-refractivity contribution in [3.8, 4) is 5.69 Å². The predicted octanol–water partition coefficient (Wildman–Crippen LogP) is 1.37. The third-order valence-electron chi connectivity index (χ3n) is 3.48. The molecule has 0 radical (unpaired) electrons. The van der Waals surface area contributed by atoms with Crippen molar-refractivity contribution in [3.63, 3.8) is 0 Å². The number of carbonyl (C=O) groups excluding carboxylic acids is 1. The van der Waals surface area contributed by atoms with Crippen LogP contribution in [0.4, 0.5) is 0 Å². The normalized spacial score (nSPS) is 10.5. The molecule has 7 nitrogen and oxygen atoms in total. The summed E-state index contributed by atoms with van der Waals surface area (Å²) in [5, 5.41) is 11.0. The second-order valence-corrected chi connectivity index (χ2v) is 5.10. The van der Waals surface area contributed by atoms with Crippen LogP contribution < -0.4 is 0 Å². The van der Waals surface area contributed by atoms with Crippen molar-refractivity contribution in [2.45, 2.75) is 6.42 Å². The molecule has 0 aliphatic rings. The second kappa shape index (κ2) is 6.78. The standard InChI is InChI=1S/C16H16N6O/c1-21(10-8-14-6-2-3-9-17-14)16(23)13-5-4-7-15(11-13)22-12-18-19-20-22/h2-7,9,11-12H,8,10H2,1H3. The van der Waals surface area contributed by atoms with Crippen molar-refractivity contribution >= 4 is 5.91 Å². The topological polar surface area (TPSA) is 76.8 Å². The number of likely N-dealkylation sites (N-methyl/N-ethyl adjacent to an activating group) is 1. The molecule has 0 bridgehead atoms. The van der Waals surface area contributed by atoms with E-state index in [0.29, 0.717) is 12.1 Å². The van der Waals surface area contributed by atoms with E-state index < -0.39 is 0 Å². The van der Waals surface area contributed by atoms with Crippen molar-refractivity contribution < 1.29 is 4.79 Å². The van der Waals surface area contributed by atoms with E-state index in [9.17, 15) is 4.79 Å². The predicted molar refractivity (Wildman–Crippen MR) is 84.1 cm³/mol. The van der Waals surface area contributed by atoms with Crippen LogP contribution in [0.15, 0.2) is 55.0 Å². The third-order valence-corrected chi connectivity index (χ3v) is 3.48. The van der Waals surface area contributed by atoms with Crippen LogP contribution in [0.25, 0.3) is 5.69 Å². The summed E-state index contributed by atoms with van der Waals surface area (Å²) in [5.74, 6) is -0.0455. The number of aromatic nitrogens is 5. The van der Waals surface area contributed by atoms with Gasteiger partial charge in [-0.15, -0.1) is 5.10 Å². The highest BCUT2D eigenvalue weighted by Gasteiger charge is 2.13. The Morgan fingerprint density at radius 1 is 1.22 bits per heavy atom. The summed E-state index contributed by atoms with van der Waals surface area (Å²) in [5.41, 5.74) is 2.31. The van der Waals surface area contributed by atoms with Gasteiger partial charge in [-0.3, -0.25) is 9.78 Å². The van der Waals surface area contributed by atoms with E-state index in [-0.39, 0.29) is 5.91 Å². The summed E-state index contributed by atoms with van der Waals surface area (Å²) in [7, 11) is 1.79. The Hall–Kier alpha value is -3.09. The zero-order valence-corrected chi connectivity index (χ0v) is 12.7. The fraction of sp³-hybridized carbons (Fsp3) is 0.188. The van der Waals surface area contributed by atoms with Gasteiger partial charge in [-0.2, -0.15) is 0 Å². The first kappa shape index (κ1) is 14.8. The molecule has 7 heteroatoms. The van der Waals surface area contributed by atoms with Crippen LogP contribution in [-0.4, -0.2) is 49.6 Å². The van der Waals surface area contributed by atoms with Crippen molar-refractivity contribution in [2.75, 3.05) is 13.6 Å². The molecule has 0 aliphatic carbocycles. The minimum Gasteiger partial charge on any atom is -0.341 e. The summed E-state index contributed by atoms with van der Waals surface area (Å²) in [6.45, 7) is 0.602. The monoisotopic (exact) mass is 308 g/mol. The number of benzene rings is 1. The Morgan fingerprint density at radius 2 is 2.13 bits per heavy atom. The maximum absolute atomic E-state index is 12.5. The summed E-state index contributed by atoms with van der Waals surface area (Å²) < 4.78 is 1.52. The van der Waals surface area contributed by atoms with Gasteiger partial charge in [0.25, 0.3) is 5.91 Å². The van der Waals surface area contributed by atoms with Gasteiger partial charge >= 0.3 is 0 Å². The largest absolute Gasteiger partial charge is 0.341 e. The van der Waals surface area contributed by atoms with Gasteiger partial charge in [0.2, 0.25) is 0 Å². The van der Waals surface area contributed by atoms with E-state index in [1.807, 2.05) is 30.3 Å². The summed E-state index contributed by atoms with van der Waals surface area (Å²) in [4.78, 5) is 18.5. The molecule has 23 heavy (non-hydrogen) atoms. The number of hydrogen-bond acceptors (Lipinski definition) is 5. The molecule has 0 aliphatic heterocycles. The van der Waals surface area contributed by atoms with E-state index >= 15 is 0 Å². The Labute approximate surface area is 133 Å². The molecule has 0 fully saturated rings. The van der Waals surface area contributed by atoms with Gasteiger partial charge in [0.15, 0.2) is 0 Å². The highest BCUT2D eigenvalue weighted by atomic mass is 16.2. The summed E-state index contributed by atoms with van der Waals surface area (Å²) in [6, 6.07) is 13.0. The maximum atomic E-state index is 12.5. The van der Waals surface area contributed by atoms with E-state index in [4.69, 9.17) is 0 Å². The fourth-order valence-electron chi connectivity index (χ4n) is 2.21. The van der Waals surface area contributed by atoms with E-state index in [2.05, 4.69) is 20.5 Å². The lowest BCUT2D eigenvalue weighted by atomic mass is 10.1. The average molecular weight is 308 g/mol. The van der Waals surface area contributed by atoms with Crippen LogP contribution >= 0.6 is 0 Å². The highest BCUT2D eigenvalue weighted by Crippen LogP contribution is 2.11. The van der Waals surface area contributed by atoms with Crippen molar-refractivity contribution in [3.05, 3.63) is 66.2 Å². The van der Waals surface area contributed by atoms with E-state index in [1.165, 1.54) is 11.0 Å².